The minimum Gasteiger partial charge on any atom is -0.330 e. The topological polar surface area (TPSA) is 69.6 Å². The summed E-state index contributed by atoms with van der Waals surface area (Å²) in [4.78, 5) is 4.15. The van der Waals surface area contributed by atoms with Crippen molar-refractivity contribution in [1.82, 2.24) is 20.0 Å². The fourth-order valence-corrected chi connectivity index (χ4v) is 1.16. The van der Waals surface area contributed by atoms with Crippen LogP contribution in [0.15, 0.2) is 30.6 Å². The molecule has 5 heteroatoms. The van der Waals surface area contributed by atoms with Gasteiger partial charge in [0.1, 0.15) is 0 Å². The number of nitrogens with two attached hydrogens (primary N) is 1. The van der Waals surface area contributed by atoms with Crippen LogP contribution in [-0.4, -0.2) is 26.5 Å². The van der Waals surface area contributed by atoms with Gasteiger partial charge in [0.25, 0.3) is 0 Å². The standard InChI is InChI=1S/C9H11N5/c10-5-4-8-7-14(13-12-8)9-3-1-2-6-11-9/h1-3,6-7H,4-5,10H2. The molecule has 2 heterocycles. The summed E-state index contributed by atoms with van der Waals surface area (Å²) in [5.41, 5.74) is 6.30. The number of aromatic nitrogens is 4. The van der Waals surface area contributed by atoms with Gasteiger partial charge in [-0.1, -0.05) is 11.3 Å². The zero-order chi connectivity index (χ0) is 9.80. The lowest BCUT2D eigenvalue weighted by Gasteiger charge is -1.95. The third kappa shape index (κ3) is 1.77. The molecule has 0 aliphatic rings. The third-order valence-electron chi connectivity index (χ3n) is 1.83. The molecule has 0 fully saturated rings. The predicted molar refractivity (Wildman–Crippen MR) is 51.9 cm³/mol. The fraction of sp³-hybridized carbons (Fsp3) is 0.222. The smallest absolute Gasteiger partial charge is 0.155 e. The van der Waals surface area contributed by atoms with E-state index < -0.39 is 0 Å². The number of nitrogens with zero attached hydrogens (tertiary/aromatic N) is 4. The lowest BCUT2D eigenvalue weighted by molar-refractivity contribution is 0.776. The van der Waals surface area contributed by atoms with Crippen LogP contribution in [0.3, 0.4) is 0 Å². The summed E-state index contributed by atoms with van der Waals surface area (Å²) >= 11 is 0. The molecule has 0 saturated carbocycles. The largest absolute Gasteiger partial charge is 0.330 e. The summed E-state index contributed by atoms with van der Waals surface area (Å²) in [6, 6.07) is 5.65. The Morgan fingerprint density at radius 3 is 3.00 bits per heavy atom. The van der Waals surface area contributed by atoms with Crippen LogP contribution in [0.5, 0.6) is 0 Å². The molecule has 0 aromatic carbocycles. The Labute approximate surface area is 81.6 Å². The highest BCUT2D eigenvalue weighted by molar-refractivity contribution is 5.20. The van der Waals surface area contributed by atoms with E-state index >= 15 is 0 Å². The van der Waals surface area contributed by atoms with Crippen LogP contribution >= 0.6 is 0 Å². The Hall–Kier alpha value is -1.75. The Balaban J connectivity index is 2.25. The van der Waals surface area contributed by atoms with Crippen molar-refractivity contribution in [2.45, 2.75) is 6.42 Å². The van der Waals surface area contributed by atoms with Crippen molar-refractivity contribution in [3.05, 3.63) is 36.3 Å². The lowest BCUT2D eigenvalue weighted by Crippen LogP contribution is -2.02. The van der Waals surface area contributed by atoms with Crippen molar-refractivity contribution in [3.63, 3.8) is 0 Å². The first kappa shape index (κ1) is 8.83. The van der Waals surface area contributed by atoms with E-state index in [1.807, 2.05) is 24.4 Å². The van der Waals surface area contributed by atoms with Gasteiger partial charge in [0.05, 0.1) is 11.9 Å². The molecule has 0 spiro atoms. The van der Waals surface area contributed by atoms with E-state index in [2.05, 4.69) is 15.3 Å². The molecule has 2 aromatic rings. The molecular formula is C9H11N5. The molecule has 2 N–H and O–H groups in total. The Bertz CT molecular complexity index is 395. The fourth-order valence-electron chi connectivity index (χ4n) is 1.16. The highest BCUT2D eigenvalue weighted by Crippen LogP contribution is 2.01. The summed E-state index contributed by atoms with van der Waals surface area (Å²) in [6.07, 6.45) is 4.31. The van der Waals surface area contributed by atoms with Gasteiger partial charge in [-0.2, -0.15) is 0 Å². The Kier molecular flexibility index (Phi) is 2.51. The van der Waals surface area contributed by atoms with Crippen molar-refractivity contribution in [2.75, 3.05) is 6.54 Å². The van der Waals surface area contributed by atoms with Crippen molar-refractivity contribution >= 4 is 0 Å². The average molecular weight is 189 g/mol. The summed E-state index contributed by atoms with van der Waals surface area (Å²) in [5, 5.41) is 7.93. The van der Waals surface area contributed by atoms with Crippen LogP contribution in [0.2, 0.25) is 0 Å². The summed E-state index contributed by atoms with van der Waals surface area (Å²) in [5.74, 6) is 0.767. The molecule has 0 unspecified atom stereocenters. The second-order valence-corrected chi connectivity index (χ2v) is 2.88. The zero-order valence-corrected chi connectivity index (χ0v) is 7.67. The SMILES string of the molecule is NCCc1cn(-c2ccccn2)nn1. The molecule has 14 heavy (non-hydrogen) atoms. The first-order valence-electron chi connectivity index (χ1n) is 4.43. The number of pyridine rings is 1. The molecule has 0 radical (unpaired) electrons. The molecule has 0 atom stereocenters. The molecule has 0 aliphatic carbocycles. The molecule has 0 saturated heterocycles. The second kappa shape index (κ2) is 3.97. The van der Waals surface area contributed by atoms with Crippen LogP contribution in [0.1, 0.15) is 5.69 Å². The van der Waals surface area contributed by atoms with Crippen LogP contribution in [0, 0.1) is 0 Å². The van der Waals surface area contributed by atoms with Crippen molar-refractivity contribution in [1.29, 1.82) is 0 Å². The molecule has 2 rings (SSSR count). The van der Waals surface area contributed by atoms with Gasteiger partial charge in [-0.3, -0.25) is 0 Å². The van der Waals surface area contributed by atoms with Crippen LogP contribution in [-0.2, 0) is 6.42 Å². The summed E-state index contributed by atoms with van der Waals surface area (Å²) in [6.45, 7) is 0.584. The monoisotopic (exact) mass is 189 g/mol. The van der Waals surface area contributed by atoms with Crippen molar-refractivity contribution in [3.8, 4) is 5.82 Å². The van der Waals surface area contributed by atoms with Gasteiger partial charge >= 0.3 is 0 Å². The van der Waals surface area contributed by atoms with E-state index in [4.69, 9.17) is 5.73 Å². The van der Waals surface area contributed by atoms with Crippen molar-refractivity contribution in [2.24, 2.45) is 5.73 Å². The minimum atomic E-state index is 0.584. The van der Waals surface area contributed by atoms with E-state index in [1.165, 1.54) is 0 Å². The van der Waals surface area contributed by atoms with Gasteiger partial charge in [0, 0.05) is 12.6 Å². The van der Waals surface area contributed by atoms with E-state index in [0.29, 0.717) is 6.54 Å². The maximum atomic E-state index is 5.42. The van der Waals surface area contributed by atoms with Crippen molar-refractivity contribution < 1.29 is 0 Å². The Morgan fingerprint density at radius 2 is 2.29 bits per heavy atom. The molecule has 2 aromatic heterocycles. The Morgan fingerprint density at radius 1 is 1.36 bits per heavy atom. The molecular weight excluding hydrogens is 178 g/mol. The van der Waals surface area contributed by atoms with E-state index in [9.17, 15) is 0 Å². The number of hydrogen-bond acceptors (Lipinski definition) is 4. The number of hydrogen-bond donors (Lipinski definition) is 1. The molecule has 0 bridgehead atoms. The first-order valence-corrected chi connectivity index (χ1v) is 4.43. The summed E-state index contributed by atoms with van der Waals surface area (Å²) in [7, 11) is 0. The lowest BCUT2D eigenvalue weighted by atomic mass is 10.3. The van der Waals surface area contributed by atoms with Gasteiger partial charge in [0.15, 0.2) is 5.82 Å². The van der Waals surface area contributed by atoms with Crippen LogP contribution in [0.4, 0.5) is 0 Å². The molecule has 72 valence electrons. The normalized spacial score (nSPS) is 10.4. The van der Waals surface area contributed by atoms with E-state index in [1.54, 1.807) is 10.9 Å². The maximum Gasteiger partial charge on any atom is 0.155 e. The third-order valence-corrected chi connectivity index (χ3v) is 1.83. The van der Waals surface area contributed by atoms with Gasteiger partial charge in [0.2, 0.25) is 0 Å². The predicted octanol–water partition coefficient (Wildman–Crippen LogP) is 0.163. The molecule has 5 nitrogen and oxygen atoms in total. The van der Waals surface area contributed by atoms with Gasteiger partial charge in [-0.25, -0.2) is 9.67 Å². The zero-order valence-electron chi connectivity index (χ0n) is 7.67. The van der Waals surface area contributed by atoms with Gasteiger partial charge in [-0.15, -0.1) is 5.10 Å². The van der Waals surface area contributed by atoms with E-state index in [-0.39, 0.29) is 0 Å². The second-order valence-electron chi connectivity index (χ2n) is 2.88. The van der Waals surface area contributed by atoms with Gasteiger partial charge in [-0.05, 0) is 18.7 Å². The highest BCUT2D eigenvalue weighted by atomic mass is 15.4. The average Bonchev–Trinajstić information content (AvgIpc) is 2.68. The van der Waals surface area contributed by atoms with Crippen LogP contribution < -0.4 is 5.73 Å². The van der Waals surface area contributed by atoms with E-state index in [0.717, 1.165) is 17.9 Å². The quantitative estimate of drug-likeness (QED) is 0.746. The number of rotatable bonds is 3. The summed E-state index contributed by atoms with van der Waals surface area (Å²) < 4.78 is 1.64. The highest BCUT2D eigenvalue weighted by Gasteiger charge is 2.01. The molecule has 0 amide bonds. The van der Waals surface area contributed by atoms with Gasteiger partial charge < -0.3 is 5.73 Å². The van der Waals surface area contributed by atoms with Crippen LogP contribution in [0.25, 0.3) is 5.82 Å². The first-order chi connectivity index (χ1) is 6.90. The molecule has 0 aliphatic heterocycles. The minimum absolute atomic E-state index is 0.584. The maximum absolute atomic E-state index is 5.42.